The number of aromatic amines is 2. The Kier molecular flexibility index (Phi) is 6.68. The number of carbonyl (C=O) groups excluding carboxylic acids is 1. The van der Waals surface area contributed by atoms with E-state index in [1.165, 1.54) is 0 Å². The number of amides is 1. The Morgan fingerprint density at radius 2 is 1.71 bits per heavy atom. The van der Waals surface area contributed by atoms with Crippen LogP contribution in [0.3, 0.4) is 0 Å². The molecule has 0 aliphatic carbocycles. The lowest BCUT2D eigenvalue weighted by molar-refractivity contribution is 0.00576. The minimum absolute atomic E-state index is 0.282. The van der Waals surface area contributed by atoms with E-state index in [2.05, 4.69) is 9.97 Å². The second kappa shape index (κ2) is 9.41. The van der Waals surface area contributed by atoms with Crippen molar-refractivity contribution in [2.24, 2.45) is 0 Å². The number of hydrogen-bond acceptors (Lipinski definition) is 5. The zero-order valence-electron chi connectivity index (χ0n) is 20.3. The monoisotopic (exact) mass is 499 g/mol. The zero-order valence-corrected chi connectivity index (χ0v) is 21.1. The van der Waals surface area contributed by atoms with Crippen molar-refractivity contribution in [3.63, 3.8) is 0 Å². The summed E-state index contributed by atoms with van der Waals surface area (Å²) in [5.74, 6) is 0.536. The quantitative estimate of drug-likeness (QED) is 0.545. The first-order valence-electron chi connectivity index (χ1n) is 11.6. The fraction of sp³-hybridized carbons (Fsp3) is 0.423. The highest BCUT2D eigenvalue weighted by atomic mass is 35.5. The molecule has 1 aliphatic heterocycles. The van der Waals surface area contributed by atoms with Gasteiger partial charge in [0.05, 0.1) is 10.9 Å². The van der Waals surface area contributed by atoms with Crippen molar-refractivity contribution in [3.05, 3.63) is 73.9 Å². The van der Waals surface area contributed by atoms with Crippen molar-refractivity contribution in [2.45, 2.75) is 57.7 Å². The van der Waals surface area contributed by atoms with Gasteiger partial charge in [0, 0.05) is 29.6 Å². The minimum Gasteiger partial charge on any atom is -0.490 e. The third kappa shape index (κ3) is 5.37. The molecule has 1 fully saturated rings. The van der Waals surface area contributed by atoms with E-state index in [0.717, 1.165) is 5.56 Å². The van der Waals surface area contributed by atoms with Crippen molar-refractivity contribution >= 4 is 28.6 Å². The minimum atomic E-state index is -0.570. The number of rotatable bonds is 4. The molecule has 1 amide bonds. The lowest BCUT2D eigenvalue weighted by atomic mass is 9.69. The van der Waals surface area contributed by atoms with E-state index < -0.39 is 16.9 Å². The highest BCUT2D eigenvalue weighted by molar-refractivity contribution is 6.30. The molecule has 1 saturated heterocycles. The van der Waals surface area contributed by atoms with Crippen LogP contribution in [-0.2, 0) is 10.2 Å². The molecule has 3 aromatic rings. The summed E-state index contributed by atoms with van der Waals surface area (Å²) in [5.41, 5.74) is -0.487. The molecule has 0 saturated carbocycles. The molecule has 2 aromatic carbocycles. The predicted molar refractivity (Wildman–Crippen MR) is 135 cm³/mol. The number of H-pyrrole nitrogens is 2. The maximum Gasteiger partial charge on any atom is 0.410 e. The van der Waals surface area contributed by atoms with Gasteiger partial charge in [-0.25, -0.2) is 9.59 Å². The van der Waals surface area contributed by atoms with Gasteiger partial charge in [-0.3, -0.25) is 9.78 Å². The fourth-order valence-electron chi connectivity index (χ4n) is 4.67. The van der Waals surface area contributed by atoms with Gasteiger partial charge in [0.25, 0.3) is 5.56 Å². The highest BCUT2D eigenvalue weighted by Crippen LogP contribution is 2.41. The lowest BCUT2D eigenvalue weighted by Crippen LogP contribution is -2.52. The molecule has 1 unspecified atom stereocenters. The molecular formula is C26H30ClN3O5. The molecule has 1 aromatic heterocycles. The molecule has 2 N–H and O–H groups in total. The third-order valence-corrected chi connectivity index (χ3v) is 6.78. The number of nitrogens with one attached hydrogen (secondary N) is 2. The van der Waals surface area contributed by atoms with Crippen molar-refractivity contribution < 1.29 is 14.3 Å². The second-order valence-electron chi connectivity index (χ2n) is 10.0. The lowest BCUT2D eigenvalue weighted by Gasteiger charge is -2.45. The number of fused-ring (bicyclic) bond motifs is 1. The van der Waals surface area contributed by atoms with Gasteiger partial charge >= 0.3 is 11.8 Å². The van der Waals surface area contributed by atoms with Gasteiger partial charge in [-0.05, 0) is 70.4 Å². The number of halogens is 1. The number of hydrogen-bond donors (Lipinski definition) is 2. The maximum atomic E-state index is 12.6. The van der Waals surface area contributed by atoms with Gasteiger partial charge in [0.1, 0.15) is 17.5 Å². The molecule has 0 bridgehead atoms. The van der Waals surface area contributed by atoms with Gasteiger partial charge in [-0.2, -0.15) is 0 Å². The number of carbonyl (C=O) groups is 1. The van der Waals surface area contributed by atoms with E-state index in [1.54, 1.807) is 23.1 Å². The largest absolute Gasteiger partial charge is 0.490 e. The van der Waals surface area contributed by atoms with E-state index in [1.807, 2.05) is 52.0 Å². The van der Waals surface area contributed by atoms with Crippen LogP contribution in [0.4, 0.5) is 4.79 Å². The summed E-state index contributed by atoms with van der Waals surface area (Å²) in [6, 6.07) is 12.7. The van der Waals surface area contributed by atoms with E-state index in [-0.39, 0.29) is 17.6 Å². The number of aromatic nitrogens is 2. The first-order chi connectivity index (χ1) is 16.5. The Labute approximate surface area is 208 Å². The van der Waals surface area contributed by atoms with Crippen molar-refractivity contribution in [2.75, 3.05) is 13.1 Å². The molecule has 8 nitrogen and oxygen atoms in total. The Hall–Kier alpha value is -3.26. The second-order valence-corrected chi connectivity index (χ2v) is 10.4. The predicted octanol–water partition coefficient (Wildman–Crippen LogP) is 4.61. The molecule has 0 radical (unpaired) electrons. The Morgan fingerprint density at radius 1 is 1.06 bits per heavy atom. The van der Waals surface area contributed by atoms with Crippen molar-refractivity contribution in [1.82, 2.24) is 14.9 Å². The summed E-state index contributed by atoms with van der Waals surface area (Å²) >= 11 is 6.15. The van der Waals surface area contributed by atoms with E-state index in [4.69, 9.17) is 21.1 Å². The van der Waals surface area contributed by atoms with Crippen LogP contribution in [0, 0.1) is 0 Å². The Bertz CT molecular complexity index is 1330. The van der Waals surface area contributed by atoms with Gasteiger partial charge in [-0.1, -0.05) is 23.7 Å². The standard InChI is InChI=1S/C26H30ClN3O5/c1-16(34-19-9-10-20-21(15-19)28-23(32)29-22(20)31)26(17-5-7-18(27)8-6-17)11-13-30(14-12-26)24(33)35-25(2,3)4/h5-10,15-16H,11-14H2,1-4H3,(H2,28,29,31,32). The summed E-state index contributed by atoms with van der Waals surface area (Å²) < 4.78 is 12.0. The summed E-state index contributed by atoms with van der Waals surface area (Å²) in [6.07, 6.45) is 0.730. The SMILES string of the molecule is CC(Oc1ccc2c(=O)[nH]c(=O)[nH]c2c1)C1(c2ccc(Cl)cc2)CCN(C(=O)OC(C)(C)C)CC1. The first kappa shape index (κ1) is 24.9. The summed E-state index contributed by atoms with van der Waals surface area (Å²) in [4.78, 5) is 43.0. The molecule has 1 atom stereocenters. The maximum absolute atomic E-state index is 12.6. The first-order valence-corrected chi connectivity index (χ1v) is 12.0. The van der Waals surface area contributed by atoms with Gasteiger partial charge in [0.15, 0.2) is 0 Å². The van der Waals surface area contributed by atoms with Crippen molar-refractivity contribution in [1.29, 1.82) is 0 Å². The number of ether oxygens (including phenoxy) is 2. The molecule has 35 heavy (non-hydrogen) atoms. The third-order valence-electron chi connectivity index (χ3n) is 6.53. The number of benzene rings is 2. The van der Waals surface area contributed by atoms with Crippen LogP contribution in [0.5, 0.6) is 5.75 Å². The van der Waals surface area contributed by atoms with Crippen LogP contribution in [0.25, 0.3) is 10.9 Å². The van der Waals surface area contributed by atoms with Crippen LogP contribution >= 0.6 is 11.6 Å². The van der Waals surface area contributed by atoms with Crippen molar-refractivity contribution in [3.8, 4) is 5.75 Å². The molecule has 1 aliphatic rings. The number of nitrogens with zero attached hydrogens (tertiary/aromatic N) is 1. The molecule has 4 rings (SSSR count). The van der Waals surface area contributed by atoms with Crippen LogP contribution in [0.2, 0.25) is 5.02 Å². The summed E-state index contributed by atoms with van der Waals surface area (Å²) in [6.45, 7) is 8.61. The summed E-state index contributed by atoms with van der Waals surface area (Å²) in [7, 11) is 0. The van der Waals surface area contributed by atoms with E-state index in [9.17, 15) is 14.4 Å². The van der Waals surface area contributed by atoms with Crippen LogP contribution < -0.4 is 16.0 Å². The van der Waals surface area contributed by atoms with Crippen LogP contribution in [0.15, 0.2) is 52.1 Å². The molecule has 9 heteroatoms. The molecule has 186 valence electrons. The van der Waals surface area contributed by atoms with Gasteiger partial charge in [0.2, 0.25) is 0 Å². The average Bonchev–Trinajstić information content (AvgIpc) is 2.78. The molecular weight excluding hydrogens is 470 g/mol. The summed E-state index contributed by atoms with van der Waals surface area (Å²) in [5, 5.41) is 1.02. The molecule has 2 heterocycles. The van der Waals surface area contributed by atoms with Crippen LogP contribution in [-0.4, -0.2) is 45.8 Å². The average molecular weight is 500 g/mol. The van der Waals surface area contributed by atoms with Gasteiger partial charge < -0.3 is 19.4 Å². The zero-order chi connectivity index (χ0) is 25.4. The smallest absolute Gasteiger partial charge is 0.410 e. The number of likely N-dealkylation sites (tertiary alicyclic amines) is 1. The fourth-order valence-corrected chi connectivity index (χ4v) is 4.79. The molecule has 0 spiro atoms. The normalized spacial score (nSPS) is 16.7. The van der Waals surface area contributed by atoms with E-state index >= 15 is 0 Å². The highest BCUT2D eigenvalue weighted by Gasteiger charge is 2.44. The number of piperidine rings is 1. The Morgan fingerprint density at radius 3 is 2.34 bits per heavy atom. The topological polar surface area (TPSA) is 104 Å². The van der Waals surface area contributed by atoms with Crippen LogP contribution in [0.1, 0.15) is 46.1 Å². The van der Waals surface area contributed by atoms with Gasteiger partial charge in [-0.15, -0.1) is 0 Å². The Balaban J connectivity index is 1.62. The van der Waals surface area contributed by atoms with E-state index in [0.29, 0.717) is 47.6 Å².